The number of amides is 2. The molecule has 2 N–H and O–H groups in total. The molecule has 0 unspecified atom stereocenters. The van der Waals surface area contributed by atoms with Crippen molar-refractivity contribution in [1.29, 1.82) is 0 Å². The predicted octanol–water partition coefficient (Wildman–Crippen LogP) is 3.76. The molecule has 2 rings (SSSR count). The van der Waals surface area contributed by atoms with E-state index in [1.807, 2.05) is 6.92 Å². The Hall–Kier alpha value is -2.24. The molecule has 0 atom stereocenters. The zero-order valence-electron chi connectivity index (χ0n) is 12.9. The minimum absolute atomic E-state index is 0.201. The van der Waals surface area contributed by atoms with Crippen LogP contribution in [-0.2, 0) is 4.79 Å². The molecule has 0 aliphatic heterocycles. The Balaban J connectivity index is 1.97. The van der Waals surface area contributed by atoms with Gasteiger partial charge in [-0.15, -0.1) is 0 Å². The maximum Gasteiger partial charge on any atom is 0.262 e. The van der Waals surface area contributed by atoms with Gasteiger partial charge in [0.2, 0.25) is 0 Å². The van der Waals surface area contributed by atoms with E-state index >= 15 is 0 Å². The van der Waals surface area contributed by atoms with Gasteiger partial charge in [0.25, 0.3) is 11.8 Å². The maximum atomic E-state index is 12.0. The van der Waals surface area contributed by atoms with Crippen molar-refractivity contribution in [3.63, 3.8) is 0 Å². The Bertz CT molecular complexity index is 730. The summed E-state index contributed by atoms with van der Waals surface area (Å²) < 4.78 is 5.36. The van der Waals surface area contributed by atoms with Crippen LogP contribution >= 0.6 is 23.2 Å². The summed E-state index contributed by atoms with van der Waals surface area (Å²) in [6, 6.07) is 11.6. The fraction of sp³-hybridized carbons (Fsp3) is 0.176. The van der Waals surface area contributed by atoms with Crippen molar-refractivity contribution in [2.24, 2.45) is 0 Å². The lowest BCUT2D eigenvalue weighted by Gasteiger charge is -2.10. The van der Waals surface area contributed by atoms with E-state index in [-0.39, 0.29) is 24.2 Å². The number of hydrogen-bond acceptors (Lipinski definition) is 3. The monoisotopic (exact) mass is 366 g/mol. The van der Waals surface area contributed by atoms with Gasteiger partial charge in [0, 0.05) is 17.8 Å². The van der Waals surface area contributed by atoms with E-state index in [1.165, 1.54) is 0 Å². The topological polar surface area (TPSA) is 67.4 Å². The van der Waals surface area contributed by atoms with Crippen LogP contribution in [0.5, 0.6) is 5.75 Å². The third-order valence-electron chi connectivity index (χ3n) is 3.01. The van der Waals surface area contributed by atoms with Crippen LogP contribution in [0.1, 0.15) is 17.3 Å². The lowest BCUT2D eigenvalue weighted by molar-refractivity contribution is -0.118. The molecule has 0 saturated carbocycles. The van der Waals surface area contributed by atoms with Crippen LogP contribution in [-0.4, -0.2) is 25.0 Å². The van der Waals surface area contributed by atoms with Crippen molar-refractivity contribution in [1.82, 2.24) is 5.32 Å². The van der Waals surface area contributed by atoms with E-state index < -0.39 is 0 Å². The van der Waals surface area contributed by atoms with Gasteiger partial charge in [0.1, 0.15) is 0 Å². The molecular formula is C17H16Cl2N2O3. The van der Waals surface area contributed by atoms with Crippen LogP contribution in [0, 0.1) is 0 Å². The molecule has 2 aromatic rings. The number of carbonyl (C=O) groups excluding carboxylic acids is 2. The van der Waals surface area contributed by atoms with Gasteiger partial charge in [0.05, 0.1) is 10.0 Å². The van der Waals surface area contributed by atoms with Gasteiger partial charge in [-0.25, -0.2) is 0 Å². The number of carbonyl (C=O) groups is 2. The van der Waals surface area contributed by atoms with Gasteiger partial charge in [-0.05, 0) is 37.3 Å². The molecule has 0 radical (unpaired) electrons. The summed E-state index contributed by atoms with van der Waals surface area (Å²) >= 11 is 11.9. The van der Waals surface area contributed by atoms with Crippen LogP contribution in [0.25, 0.3) is 0 Å². The summed E-state index contributed by atoms with van der Waals surface area (Å²) in [6.45, 7) is 2.11. The number of benzene rings is 2. The second-order valence-corrected chi connectivity index (χ2v) is 5.64. The van der Waals surface area contributed by atoms with Crippen molar-refractivity contribution >= 4 is 40.7 Å². The van der Waals surface area contributed by atoms with Gasteiger partial charge < -0.3 is 15.4 Å². The van der Waals surface area contributed by atoms with E-state index in [0.29, 0.717) is 27.8 Å². The van der Waals surface area contributed by atoms with Gasteiger partial charge in [-0.1, -0.05) is 35.3 Å². The lowest BCUT2D eigenvalue weighted by Crippen LogP contribution is -2.23. The van der Waals surface area contributed by atoms with Crippen LogP contribution in [0.4, 0.5) is 5.69 Å². The highest BCUT2D eigenvalue weighted by Crippen LogP contribution is 2.32. The average Bonchev–Trinajstić information content (AvgIpc) is 2.55. The largest absolute Gasteiger partial charge is 0.481 e. The van der Waals surface area contributed by atoms with Crippen molar-refractivity contribution in [2.75, 3.05) is 18.5 Å². The molecule has 0 fully saturated rings. The molecular weight excluding hydrogens is 351 g/mol. The number of hydrogen-bond donors (Lipinski definition) is 2. The third kappa shape index (κ3) is 4.88. The summed E-state index contributed by atoms with van der Waals surface area (Å²) in [5.74, 6) is -0.334. The highest BCUT2D eigenvalue weighted by Gasteiger charge is 2.11. The smallest absolute Gasteiger partial charge is 0.262 e. The van der Waals surface area contributed by atoms with E-state index in [0.717, 1.165) is 0 Å². The Labute approximate surface area is 149 Å². The average molecular weight is 367 g/mol. The van der Waals surface area contributed by atoms with E-state index in [9.17, 15) is 9.59 Å². The number of para-hydroxylation sites is 1. The fourth-order valence-electron chi connectivity index (χ4n) is 1.96. The molecule has 0 spiro atoms. The standard InChI is InChI=1S/C17H16Cl2N2O3/c1-2-20-17(23)11-5-3-6-12(9-11)21-15(22)10-24-16-13(18)7-4-8-14(16)19/h3-9H,2,10H2,1H3,(H,20,23)(H,21,22). The van der Waals surface area contributed by atoms with E-state index in [4.69, 9.17) is 27.9 Å². The van der Waals surface area contributed by atoms with Crippen LogP contribution in [0.3, 0.4) is 0 Å². The van der Waals surface area contributed by atoms with Gasteiger partial charge >= 0.3 is 0 Å². The Kier molecular flexibility index (Phi) is 6.46. The second kappa shape index (κ2) is 8.57. The summed E-state index contributed by atoms with van der Waals surface area (Å²) in [6.07, 6.45) is 0. The Morgan fingerprint density at radius 2 is 1.75 bits per heavy atom. The third-order valence-corrected chi connectivity index (χ3v) is 3.61. The van der Waals surface area contributed by atoms with Crippen molar-refractivity contribution < 1.29 is 14.3 Å². The molecule has 0 aliphatic rings. The summed E-state index contributed by atoms with van der Waals surface area (Å²) in [7, 11) is 0. The van der Waals surface area contributed by atoms with Crippen molar-refractivity contribution in [2.45, 2.75) is 6.92 Å². The van der Waals surface area contributed by atoms with Crippen molar-refractivity contribution in [3.8, 4) is 5.75 Å². The molecule has 126 valence electrons. The molecule has 0 saturated heterocycles. The summed E-state index contributed by atoms with van der Waals surface area (Å²) in [5, 5.41) is 6.01. The SMILES string of the molecule is CCNC(=O)c1cccc(NC(=O)COc2c(Cl)cccc2Cl)c1. The van der Waals surface area contributed by atoms with Crippen LogP contribution in [0.15, 0.2) is 42.5 Å². The minimum Gasteiger partial charge on any atom is -0.481 e. The predicted molar refractivity (Wildman–Crippen MR) is 95.0 cm³/mol. The minimum atomic E-state index is -0.390. The molecule has 0 aromatic heterocycles. The first-order valence-electron chi connectivity index (χ1n) is 7.26. The molecule has 7 heteroatoms. The molecule has 5 nitrogen and oxygen atoms in total. The highest BCUT2D eigenvalue weighted by molar-refractivity contribution is 6.37. The van der Waals surface area contributed by atoms with Gasteiger partial charge in [-0.3, -0.25) is 9.59 Å². The molecule has 24 heavy (non-hydrogen) atoms. The van der Waals surface area contributed by atoms with Gasteiger partial charge in [-0.2, -0.15) is 0 Å². The number of ether oxygens (including phenoxy) is 1. The molecule has 0 bridgehead atoms. The first-order chi connectivity index (χ1) is 11.5. The molecule has 0 heterocycles. The Morgan fingerprint density at radius 1 is 1.08 bits per heavy atom. The molecule has 2 aromatic carbocycles. The zero-order chi connectivity index (χ0) is 17.5. The van der Waals surface area contributed by atoms with Crippen LogP contribution in [0.2, 0.25) is 10.0 Å². The van der Waals surface area contributed by atoms with Crippen LogP contribution < -0.4 is 15.4 Å². The van der Waals surface area contributed by atoms with Gasteiger partial charge in [0.15, 0.2) is 12.4 Å². The lowest BCUT2D eigenvalue weighted by atomic mass is 10.2. The second-order valence-electron chi connectivity index (χ2n) is 4.83. The zero-order valence-corrected chi connectivity index (χ0v) is 14.4. The first-order valence-corrected chi connectivity index (χ1v) is 8.01. The highest BCUT2D eigenvalue weighted by atomic mass is 35.5. The summed E-state index contributed by atoms with van der Waals surface area (Å²) in [4.78, 5) is 23.8. The first kappa shape index (κ1) is 18.1. The molecule has 2 amide bonds. The van der Waals surface area contributed by atoms with Crippen molar-refractivity contribution in [3.05, 3.63) is 58.1 Å². The maximum absolute atomic E-state index is 12.0. The number of nitrogens with one attached hydrogen (secondary N) is 2. The number of anilines is 1. The van der Waals surface area contributed by atoms with E-state index in [1.54, 1.807) is 42.5 Å². The number of rotatable bonds is 6. The number of halogens is 2. The normalized spacial score (nSPS) is 10.1. The van der Waals surface area contributed by atoms with E-state index in [2.05, 4.69) is 10.6 Å². The molecule has 0 aliphatic carbocycles. The Morgan fingerprint density at radius 3 is 2.42 bits per heavy atom. The fourth-order valence-corrected chi connectivity index (χ4v) is 2.46. The summed E-state index contributed by atoms with van der Waals surface area (Å²) in [5.41, 5.74) is 0.960. The quantitative estimate of drug-likeness (QED) is 0.817.